The molecule has 2 aromatic heterocycles. The van der Waals surface area contributed by atoms with Crippen LogP contribution >= 0.6 is 11.8 Å². The van der Waals surface area contributed by atoms with Crippen molar-refractivity contribution in [3.63, 3.8) is 0 Å². The average Bonchev–Trinajstić information content (AvgIpc) is 2.59. The molecule has 1 aromatic carbocycles. The predicted octanol–water partition coefficient (Wildman–Crippen LogP) is 2.86. The summed E-state index contributed by atoms with van der Waals surface area (Å²) < 4.78 is 4.68. The monoisotopic (exact) mass is 327 g/mol. The summed E-state index contributed by atoms with van der Waals surface area (Å²) >= 11 is 1.35. The molecule has 0 fully saturated rings. The van der Waals surface area contributed by atoms with Crippen LogP contribution in [0.1, 0.15) is 5.69 Å². The third-order valence-corrected chi connectivity index (χ3v) is 4.33. The molecule has 0 unspecified atom stereocenters. The minimum atomic E-state index is -0.309. The van der Waals surface area contributed by atoms with Crippen molar-refractivity contribution in [2.45, 2.75) is 4.90 Å². The normalized spacial score (nSPS) is 11.3. The van der Waals surface area contributed by atoms with Crippen molar-refractivity contribution >= 4 is 45.8 Å². The van der Waals surface area contributed by atoms with Crippen LogP contribution in [0.3, 0.4) is 0 Å². The minimum Gasteiger partial charge on any atom is -0.468 e. The summed E-state index contributed by atoms with van der Waals surface area (Å²) in [5.41, 5.74) is 1.96. The second-order valence-electron chi connectivity index (χ2n) is 4.69. The Labute approximate surface area is 136 Å². The van der Waals surface area contributed by atoms with Gasteiger partial charge in [-0.15, -0.1) is 11.8 Å². The van der Waals surface area contributed by atoms with E-state index < -0.39 is 0 Å². The van der Waals surface area contributed by atoms with Crippen molar-refractivity contribution in [2.24, 2.45) is 5.16 Å². The van der Waals surface area contributed by atoms with Crippen LogP contribution in [0.25, 0.3) is 21.8 Å². The number of aromatic nitrogens is 2. The van der Waals surface area contributed by atoms with E-state index in [1.54, 1.807) is 12.3 Å². The molecule has 116 valence electrons. The molecule has 0 saturated heterocycles. The van der Waals surface area contributed by atoms with Crippen molar-refractivity contribution in [1.82, 2.24) is 9.97 Å². The Hall–Kier alpha value is -2.67. The number of rotatable bonds is 4. The van der Waals surface area contributed by atoms with Crippen LogP contribution in [0, 0.1) is 0 Å². The summed E-state index contributed by atoms with van der Waals surface area (Å²) in [6.45, 7) is 0. The zero-order chi connectivity index (χ0) is 16.2. The maximum Gasteiger partial charge on any atom is 0.315 e. The fourth-order valence-electron chi connectivity index (χ4n) is 2.26. The lowest BCUT2D eigenvalue weighted by molar-refractivity contribution is -0.137. The Kier molecular flexibility index (Phi) is 4.38. The van der Waals surface area contributed by atoms with Crippen molar-refractivity contribution in [3.05, 3.63) is 42.2 Å². The molecule has 1 N–H and O–H groups in total. The van der Waals surface area contributed by atoms with E-state index in [4.69, 9.17) is 5.21 Å². The highest BCUT2D eigenvalue weighted by atomic mass is 32.2. The number of carbonyl (C=O) groups excluding carboxylic acids is 1. The van der Waals surface area contributed by atoms with Crippen molar-refractivity contribution in [1.29, 1.82) is 0 Å². The Bertz CT molecular complexity index is 912. The maximum atomic E-state index is 11.4. The maximum absolute atomic E-state index is 11.4. The van der Waals surface area contributed by atoms with Gasteiger partial charge in [0.15, 0.2) is 0 Å². The van der Waals surface area contributed by atoms with Gasteiger partial charge in [-0.25, -0.2) is 4.98 Å². The average molecular weight is 327 g/mol. The summed E-state index contributed by atoms with van der Waals surface area (Å²) in [5.74, 6) is -0.123. The summed E-state index contributed by atoms with van der Waals surface area (Å²) in [6.07, 6.45) is 2.96. The fraction of sp³-hybridized carbons (Fsp3) is 0.125. The van der Waals surface area contributed by atoms with E-state index in [-0.39, 0.29) is 11.7 Å². The molecule has 0 aliphatic heterocycles. The van der Waals surface area contributed by atoms with Crippen molar-refractivity contribution < 1.29 is 14.7 Å². The topological polar surface area (TPSA) is 84.7 Å². The molecule has 7 heteroatoms. The zero-order valence-corrected chi connectivity index (χ0v) is 13.1. The van der Waals surface area contributed by atoms with Gasteiger partial charge in [-0.05, 0) is 12.1 Å². The van der Waals surface area contributed by atoms with Gasteiger partial charge in [-0.2, -0.15) is 0 Å². The van der Waals surface area contributed by atoms with Gasteiger partial charge < -0.3 is 9.94 Å². The van der Waals surface area contributed by atoms with E-state index >= 15 is 0 Å². The highest BCUT2D eigenvalue weighted by molar-refractivity contribution is 8.00. The zero-order valence-electron chi connectivity index (χ0n) is 12.3. The molecule has 0 amide bonds. The number of hydrogen-bond acceptors (Lipinski definition) is 7. The Balaban J connectivity index is 2.20. The molecule has 0 aliphatic rings. The Morgan fingerprint density at radius 3 is 3.04 bits per heavy atom. The second-order valence-corrected chi connectivity index (χ2v) is 5.71. The number of esters is 1. The number of pyridine rings is 2. The number of methoxy groups -OCH3 is 1. The molecule has 0 radical (unpaired) electrons. The third-order valence-electron chi connectivity index (χ3n) is 3.30. The molecule has 0 bridgehead atoms. The van der Waals surface area contributed by atoms with E-state index in [0.717, 1.165) is 21.2 Å². The van der Waals surface area contributed by atoms with Gasteiger partial charge in [0.25, 0.3) is 0 Å². The first-order chi connectivity index (χ1) is 11.2. The lowest BCUT2D eigenvalue weighted by Gasteiger charge is -2.09. The molecule has 0 saturated carbocycles. The van der Waals surface area contributed by atoms with Crippen LogP contribution < -0.4 is 0 Å². The summed E-state index contributed by atoms with van der Waals surface area (Å²) in [7, 11) is 1.36. The van der Waals surface area contributed by atoms with E-state index in [0.29, 0.717) is 11.2 Å². The van der Waals surface area contributed by atoms with Gasteiger partial charge in [-0.1, -0.05) is 23.4 Å². The molecule has 3 rings (SSSR count). The van der Waals surface area contributed by atoms with Crippen LogP contribution in [0.2, 0.25) is 0 Å². The number of fused-ring (bicyclic) bond motifs is 3. The van der Waals surface area contributed by atoms with Crippen LogP contribution in [0.4, 0.5) is 0 Å². The molecule has 2 heterocycles. The minimum absolute atomic E-state index is 0.186. The molecular formula is C16H13N3O3S. The van der Waals surface area contributed by atoms with E-state index in [1.165, 1.54) is 25.1 Å². The first kappa shape index (κ1) is 15.2. The Morgan fingerprint density at radius 2 is 2.26 bits per heavy atom. The second kappa shape index (κ2) is 6.62. The van der Waals surface area contributed by atoms with Crippen LogP contribution in [-0.4, -0.2) is 40.2 Å². The lowest BCUT2D eigenvalue weighted by Crippen LogP contribution is -2.03. The van der Waals surface area contributed by atoms with Crippen LogP contribution in [0.5, 0.6) is 0 Å². The predicted molar refractivity (Wildman–Crippen MR) is 89.2 cm³/mol. The number of thioether (sulfide) groups is 1. The van der Waals surface area contributed by atoms with Crippen molar-refractivity contribution in [2.75, 3.05) is 12.9 Å². The molecular weight excluding hydrogens is 314 g/mol. The van der Waals surface area contributed by atoms with E-state index in [2.05, 4.69) is 19.9 Å². The summed E-state index contributed by atoms with van der Waals surface area (Å²) in [4.78, 5) is 21.1. The van der Waals surface area contributed by atoms with Crippen molar-refractivity contribution in [3.8, 4) is 0 Å². The first-order valence-corrected chi connectivity index (χ1v) is 7.77. The largest absolute Gasteiger partial charge is 0.468 e. The van der Waals surface area contributed by atoms with Gasteiger partial charge >= 0.3 is 5.97 Å². The number of ether oxygens (including phenoxy) is 1. The van der Waals surface area contributed by atoms with E-state index in [9.17, 15) is 4.79 Å². The standard InChI is InChI=1S/C16H13N3O3S/c1-22-14(20)9-23-13-7-11(8-18-21)19-16-12(13)5-4-10-3-2-6-17-15(10)16/h2-8,21H,9H2,1H3. The Morgan fingerprint density at radius 1 is 1.39 bits per heavy atom. The molecule has 3 aromatic rings. The van der Waals surface area contributed by atoms with Gasteiger partial charge in [0.05, 0.1) is 35.8 Å². The smallest absolute Gasteiger partial charge is 0.315 e. The molecule has 6 nitrogen and oxygen atoms in total. The summed E-state index contributed by atoms with van der Waals surface area (Å²) in [6, 6.07) is 9.50. The highest BCUT2D eigenvalue weighted by Crippen LogP contribution is 2.31. The molecule has 23 heavy (non-hydrogen) atoms. The number of carbonyl (C=O) groups is 1. The van der Waals surface area contributed by atoms with Gasteiger partial charge in [0.1, 0.15) is 0 Å². The van der Waals surface area contributed by atoms with Crippen LogP contribution in [0.15, 0.2) is 46.6 Å². The van der Waals surface area contributed by atoms with Crippen LogP contribution in [-0.2, 0) is 9.53 Å². The lowest BCUT2D eigenvalue weighted by atomic mass is 10.1. The van der Waals surface area contributed by atoms with E-state index in [1.807, 2.05) is 24.3 Å². The first-order valence-electron chi connectivity index (χ1n) is 6.78. The number of hydrogen-bond donors (Lipinski definition) is 1. The summed E-state index contributed by atoms with van der Waals surface area (Å²) in [5, 5.41) is 13.7. The number of nitrogens with zero attached hydrogens (tertiary/aromatic N) is 3. The van der Waals surface area contributed by atoms with Gasteiger partial charge in [-0.3, -0.25) is 9.78 Å². The molecule has 0 aliphatic carbocycles. The quantitative estimate of drug-likeness (QED) is 0.198. The molecule has 0 atom stereocenters. The number of oxime groups is 1. The fourth-order valence-corrected chi connectivity index (χ4v) is 3.17. The highest BCUT2D eigenvalue weighted by Gasteiger charge is 2.11. The molecule has 0 spiro atoms. The number of benzene rings is 1. The van der Waals surface area contributed by atoms with Gasteiger partial charge in [0.2, 0.25) is 0 Å². The SMILES string of the molecule is COC(=O)CSc1cc(C=NO)nc2c1ccc1cccnc12. The van der Waals surface area contributed by atoms with Gasteiger partial charge in [0, 0.05) is 21.9 Å². The third kappa shape index (κ3) is 3.09.